The number of aliphatic hydroxyl groups excluding tert-OH is 1. The van der Waals surface area contributed by atoms with Crippen molar-refractivity contribution in [2.24, 2.45) is 16.3 Å². The molecule has 1 aliphatic carbocycles. The SMILES string of the molecule is CN=C(NCC(O)c1cc(Cl)cc(Cl)c1)NC1C2CCOC2C1(C)C. The van der Waals surface area contributed by atoms with Crippen LogP contribution in [0.3, 0.4) is 0 Å². The molecule has 1 aliphatic heterocycles. The van der Waals surface area contributed by atoms with Crippen LogP contribution in [0.1, 0.15) is 31.9 Å². The van der Waals surface area contributed by atoms with Gasteiger partial charge in [-0.2, -0.15) is 0 Å². The van der Waals surface area contributed by atoms with Crippen molar-refractivity contribution in [1.29, 1.82) is 0 Å². The maximum absolute atomic E-state index is 10.4. The van der Waals surface area contributed by atoms with Gasteiger partial charge in [0.25, 0.3) is 0 Å². The van der Waals surface area contributed by atoms with E-state index in [1.165, 1.54) is 0 Å². The van der Waals surface area contributed by atoms with Crippen molar-refractivity contribution in [2.45, 2.75) is 38.5 Å². The van der Waals surface area contributed by atoms with E-state index in [2.05, 4.69) is 29.5 Å². The molecule has 4 atom stereocenters. The normalized spacial score (nSPS) is 28.9. The molecule has 1 saturated carbocycles. The first kappa shape index (κ1) is 18.8. The average molecular weight is 386 g/mol. The summed E-state index contributed by atoms with van der Waals surface area (Å²) >= 11 is 12.0. The lowest BCUT2D eigenvalue weighted by Crippen LogP contribution is -2.68. The Morgan fingerprint density at radius 2 is 2.04 bits per heavy atom. The number of ether oxygens (including phenoxy) is 1. The van der Waals surface area contributed by atoms with Crippen molar-refractivity contribution in [3.63, 3.8) is 0 Å². The molecular weight excluding hydrogens is 361 g/mol. The topological polar surface area (TPSA) is 65.9 Å². The van der Waals surface area contributed by atoms with Crippen LogP contribution in [0.15, 0.2) is 23.2 Å². The Balaban J connectivity index is 1.58. The predicted octanol–water partition coefficient (Wildman–Crippen LogP) is 3.01. The quantitative estimate of drug-likeness (QED) is 0.550. The first-order valence-electron chi connectivity index (χ1n) is 8.55. The molecule has 0 aromatic heterocycles. The highest BCUT2D eigenvalue weighted by Crippen LogP contribution is 2.52. The Labute approximate surface area is 158 Å². The second kappa shape index (κ2) is 7.31. The van der Waals surface area contributed by atoms with Crippen LogP contribution in [0, 0.1) is 11.3 Å². The van der Waals surface area contributed by atoms with E-state index in [0.717, 1.165) is 13.0 Å². The van der Waals surface area contributed by atoms with Crippen LogP contribution in [0.25, 0.3) is 0 Å². The molecule has 1 aromatic rings. The number of halogens is 2. The van der Waals surface area contributed by atoms with Gasteiger partial charge in [0.05, 0.1) is 12.2 Å². The second-order valence-corrected chi connectivity index (χ2v) is 8.23. The molecule has 0 bridgehead atoms. The van der Waals surface area contributed by atoms with Gasteiger partial charge in [0.15, 0.2) is 5.96 Å². The zero-order valence-corrected chi connectivity index (χ0v) is 16.2. The van der Waals surface area contributed by atoms with Crippen LogP contribution >= 0.6 is 23.2 Å². The summed E-state index contributed by atoms with van der Waals surface area (Å²) in [4.78, 5) is 4.28. The summed E-state index contributed by atoms with van der Waals surface area (Å²) in [5, 5.41) is 18.1. The maximum Gasteiger partial charge on any atom is 0.191 e. The van der Waals surface area contributed by atoms with Gasteiger partial charge in [0.2, 0.25) is 0 Å². The van der Waals surface area contributed by atoms with Gasteiger partial charge >= 0.3 is 0 Å². The summed E-state index contributed by atoms with van der Waals surface area (Å²) < 4.78 is 5.83. The van der Waals surface area contributed by atoms with E-state index in [1.54, 1.807) is 25.2 Å². The second-order valence-electron chi connectivity index (χ2n) is 7.36. The van der Waals surface area contributed by atoms with Crippen molar-refractivity contribution in [2.75, 3.05) is 20.2 Å². The van der Waals surface area contributed by atoms with Crippen LogP contribution in [-0.2, 0) is 4.74 Å². The summed E-state index contributed by atoms with van der Waals surface area (Å²) in [6.07, 6.45) is 0.667. The largest absolute Gasteiger partial charge is 0.387 e. The highest BCUT2D eigenvalue weighted by Gasteiger charge is 2.59. The number of rotatable bonds is 4. The number of benzene rings is 1. The molecular formula is C18H25Cl2N3O2. The average Bonchev–Trinajstić information content (AvgIpc) is 3.00. The minimum absolute atomic E-state index is 0.0673. The third-order valence-corrected chi connectivity index (χ3v) is 5.79. The zero-order valence-electron chi connectivity index (χ0n) is 14.7. The van der Waals surface area contributed by atoms with Crippen molar-refractivity contribution in [3.8, 4) is 0 Å². The van der Waals surface area contributed by atoms with Crippen molar-refractivity contribution in [1.82, 2.24) is 10.6 Å². The van der Waals surface area contributed by atoms with E-state index in [4.69, 9.17) is 27.9 Å². The molecule has 0 amide bonds. The van der Waals surface area contributed by atoms with Crippen LogP contribution in [0.5, 0.6) is 0 Å². The highest BCUT2D eigenvalue weighted by atomic mass is 35.5. The highest BCUT2D eigenvalue weighted by molar-refractivity contribution is 6.34. The van der Waals surface area contributed by atoms with Crippen molar-refractivity contribution >= 4 is 29.2 Å². The molecule has 1 heterocycles. The number of nitrogens with zero attached hydrogens (tertiary/aromatic N) is 1. The van der Waals surface area contributed by atoms with E-state index < -0.39 is 6.10 Å². The van der Waals surface area contributed by atoms with Crippen molar-refractivity contribution < 1.29 is 9.84 Å². The van der Waals surface area contributed by atoms with Crippen LogP contribution < -0.4 is 10.6 Å². The van der Waals surface area contributed by atoms with Gasteiger partial charge in [0, 0.05) is 47.6 Å². The number of hydrogen-bond acceptors (Lipinski definition) is 3. The van der Waals surface area contributed by atoms with E-state index in [1.807, 2.05) is 0 Å². The van der Waals surface area contributed by atoms with Gasteiger partial charge in [0.1, 0.15) is 0 Å². The van der Waals surface area contributed by atoms with Crippen LogP contribution in [0.4, 0.5) is 0 Å². The molecule has 138 valence electrons. The minimum Gasteiger partial charge on any atom is -0.387 e. The van der Waals surface area contributed by atoms with E-state index in [-0.39, 0.29) is 5.41 Å². The Bertz CT molecular complexity index is 645. The summed E-state index contributed by atoms with van der Waals surface area (Å²) in [6, 6.07) is 5.38. The first-order chi connectivity index (χ1) is 11.8. The fourth-order valence-electron chi connectivity index (χ4n) is 4.04. The summed E-state index contributed by atoms with van der Waals surface area (Å²) in [6.45, 7) is 5.58. The Kier molecular flexibility index (Phi) is 5.49. The number of aliphatic hydroxyl groups is 1. The lowest BCUT2D eigenvalue weighted by atomic mass is 9.57. The fraction of sp³-hybridized carbons (Fsp3) is 0.611. The van der Waals surface area contributed by atoms with E-state index >= 15 is 0 Å². The van der Waals surface area contributed by atoms with Gasteiger partial charge in [-0.15, -0.1) is 0 Å². The molecule has 1 aromatic carbocycles. The molecule has 1 saturated heterocycles. The molecule has 0 radical (unpaired) electrons. The van der Waals surface area contributed by atoms with Gasteiger partial charge in [-0.1, -0.05) is 37.0 Å². The number of fused-ring (bicyclic) bond motifs is 1. The lowest BCUT2D eigenvalue weighted by Gasteiger charge is -2.54. The molecule has 3 rings (SSSR count). The Morgan fingerprint density at radius 1 is 1.36 bits per heavy atom. The van der Waals surface area contributed by atoms with Gasteiger partial charge < -0.3 is 20.5 Å². The minimum atomic E-state index is -0.730. The molecule has 3 N–H and O–H groups in total. The maximum atomic E-state index is 10.4. The number of aliphatic imine (C=N–C) groups is 1. The third kappa shape index (κ3) is 3.75. The molecule has 7 heteroatoms. The van der Waals surface area contributed by atoms with Crippen molar-refractivity contribution in [3.05, 3.63) is 33.8 Å². The van der Waals surface area contributed by atoms with E-state index in [0.29, 0.717) is 46.2 Å². The molecule has 2 fully saturated rings. The monoisotopic (exact) mass is 385 g/mol. The first-order valence-corrected chi connectivity index (χ1v) is 9.31. The summed E-state index contributed by atoms with van der Waals surface area (Å²) in [5.74, 6) is 1.20. The number of guanidine groups is 1. The Hall–Kier alpha value is -1.01. The zero-order chi connectivity index (χ0) is 18.2. The van der Waals surface area contributed by atoms with Gasteiger partial charge in [-0.3, -0.25) is 4.99 Å². The molecule has 5 nitrogen and oxygen atoms in total. The predicted molar refractivity (Wildman–Crippen MR) is 101 cm³/mol. The summed E-state index contributed by atoms with van der Waals surface area (Å²) in [5.41, 5.74) is 0.742. The fourth-order valence-corrected chi connectivity index (χ4v) is 4.58. The lowest BCUT2D eigenvalue weighted by molar-refractivity contribution is -0.106. The van der Waals surface area contributed by atoms with Crippen LogP contribution in [-0.4, -0.2) is 43.4 Å². The smallest absolute Gasteiger partial charge is 0.191 e. The molecule has 4 unspecified atom stereocenters. The van der Waals surface area contributed by atoms with Crippen LogP contribution in [0.2, 0.25) is 10.0 Å². The van der Waals surface area contributed by atoms with E-state index in [9.17, 15) is 5.11 Å². The van der Waals surface area contributed by atoms with Gasteiger partial charge in [-0.25, -0.2) is 0 Å². The third-order valence-electron chi connectivity index (χ3n) is 5.35. The summed E-state index contributed by atoms with van der Waals surface area (Å²) in [7, 11) is 1.73. The van der Waals surface area contributed by atoms with Gasteiger partial charge in [-0.05, 0) is 30.2 Å². The Morgan fingerprint density at radius 3 is 2.68 bits per heavy atom. The number of nitrogens with one attached hydrogen (secondary N) is 2. The molecule has 25 heavy (non-hydrogen) atoms. The standard InChI is InChI=1S/C18H25Cl2N3O2/c1-18(2)15(13-4-5-25-16(13)18)23-17(21-3)22-9-14(24)10-6-11(19)8-12(20)7-10/h6-8,13-16,24H,4-5,9H2,1-3H3,(H2,21,22,23). The molecule has 0 spiro atoms. The number of hydrogen-bond donors (Lipinski definition) is 3. The molecule has 2 aliphatic rings.